The van der Waals surface area contributed by atoms with Crippen LogP contribution in [-0.2, 0) is 20.9 Å². The van der Waals surface area contributed by atoms with Crippen molar-refractivity contribution in [2.45, 2.75) is 57.8 Å². The number of carbonyl (C=O) groups is 3. The topological polar surface area (TPSA) is 88.2 Å². The van der Waals surface area contributed by atoms with Crippen molar-refractivity contribution < 1.29 is 23.9 Å². The van der Waals surface area contributed by atoms with E-state index < -0.39 is 23.3 Å². The average Bonchev–Trinajstić information content (AvgIpc) is 2.85. The van der Waals surface area contributed by atoms with Gasteiger partial charge in [0.15, 0.2) is 0 Å². The van der Waals surface area contributed by atoms with Crippen molar-refractivity contribution in [3.05, 3.63) is 35.9 Å². The van der Waals surface area contributed by atoms with Crippen molar-refractivity contribution in [2.75, 3.05) is 26.2 Å². The minimum atomic E-state index is -0.700. The van der Waals surface area contributed by atoms with Crippen molar-refractivity contribution >= 4 is 18.1 Å². The summed E-state index contributed by atoms with van der Waals surface area (Å²) in [7, 11) is 0. The van der Waals surface area contributed by atoms with E-state index in [-0.39, 0.29) is 12.5 Å². The van der Waals surface area contributed by atoms with Crippen LogP contribution in [0, 0.1) is 0 Å². The summed E-state index contributed by atoms with van der Waals surface area (Å²) in [5.74, 6) is -0.0649. The number of piperidine rings is 1. The van der Waals surface area contributed by atoms with Crippen LogP contribution in [0.2, 0.25) is 0 Å². The fraction of sp³-hybridized carbons (Fsp3) is 0.591. The first-order valence-corrected chi connectivity index (χ1v) is 10.4. The molecule has 2 fully saturated rings. The highest BCUT2D eigenvalue weighted by molar-refractivity contribution is 5.78. The Labute approximate surface area is 177 Å². The van der Waals surface area contributed by atoms with Gasteiger partial charge in [-0.3, -0.25) is 4.79 Å². The van der Waals surface area contributed by atoms with Crippen LogP contribution in [0.3, 0.4) is 0 Å². The Hall–Kier alpha value is -2.77. The molecule has 0 aliphatic carbocycles. The second kappa shape index (κ2) is 8.93. The zero-order valence-corrected chi connectivity index (χ0v) is 18.0. The molecular formula is C22H31N3O5. The summed E-state index contributed by atoms with van der Waals surface area (Å²) in [4.78, 5) is 40.8. The van der Waals surface area contributed by atoms with E-state index in [4.69, 9.17) is 9.47 Å². The minimum absolute atomic E-state index is 0.0649. The first kappa shape index (κ1) is 21.9. The fourth-order valence-electron chi connectivity index (χ4n) is 3.87. The highest BCUT2D eigenvalue weighted by Crippen LogP contribution is 2.26. The van der Waals surface area contributed by atoms with Crippen molar-refractivity contribution in [1.29, 1.82) is 0 Å². The van der Waals surface area contributed by atoms with E-state index in [9.17, 15) is 14.4 Å². The van der Waals surface area contributed by atoms with E-state index in [0.29, 0.717) is 45.4 Å². The Bertz CT molecular complexity index is 777. The predicted molar refractivity (Wildman–Crippen MR) is 111 cm³/mol. The third-order valence-electron chi connectivity index (χ3n) is 5.21. The van der Waals surface area contributed by atoms with E-state index in [0.717, 1.165) is 5.56 Å². The van der Waals surface area contributed by atoms with Crippen molar-refractivity contribution in [3.63, 3.8) is 0 Å². The summed E-state index contributed by atoms with van der Waals surface area (Å²) in [6.07, 6.45) is 0.943. The first-order valence-electron chi connectivity index (χ1n) is 10.4. The van der Waals surface area contributed by atoms with Gasteiger partial charge in [-0.1, -0.05) is 30.3 Å². The molecule has 3 amide bonds. The molecule has 1 aromatic rings. The van der Waals surface area contributed by atoms with E-state index in [1.54, 1.807) is 9.80 Å². The molecule has 8 nitrogen and oxygen atoms in total. The minimum Gasteiger partial charge on any atom is -0.445 e. The van der Waals surface area contributed by atoms with Crippen LogP contribution in [-0.4, -0.2) is 65.2 Å². The summed E-state index contributed by atoms with van der Waals surface area (Å²) in [5, 5.41) is 3.04. The molecule has 164 valence electrons. The van der Waals surface area contributed by atoms with Crippen molar-refractivity contribution in [3.8, 4) is 0 Å². The van der Waals surface area contributed by atoms with Crippen LogP contribution in [0.5, 0.6) is 0 Å². The van der Waals surface area contributed by atoms with Gasteiger partial charge in [-0.05, 0) is 39.2 Å². The molecule has 0 saturated carbocycles. The summed E-state index contributed by atoms with van der Waals surface area (Å²) in [6, 6.07) is 9.47. The maximum Gasteiger partial charge on any atom is 0.410 e. The normalized spacial score (nSPS) is 22.3. The number of nitrogens with zero attached hydrogens (tertiary/aromatic N) is 2. The molecule has 3 rings (SSSR count). The first-order chi connectivity index (χ1) is 14.2. The van der Waals surface area contributed by atoms with E-state index in [1.165, 1.54) is 0 Å². The predicted octanol–water partition coefficient (Wildman–Crippen LogP) is 2.91. The lowest BCUT2D eigenvalue weighted by Crippen LogP contribution is -2.62. The molecule has 0 aromatic heterocycles. The largest absolute Gasteiger partial charge is 0.445 e. The lowest BCUT2D eigenvalue weighted by atomic mass is 9.87. The summed E-state index contributed by atoms with van der Waals surface area (Å²) in [6.45, 7) is 6.83. The molecule has 0 radical (unpaired) electrons. The van der Waals surface area contributed by atoms with Gasteiger partial charge in [0.05, 0.1) is 5.54 Å². The molecule has 2 aliphatic heterocycles. The molecule has 1 spiro atoms. The van der Waals surface area contributed by atoms with E-state index in [2.05, 4.69) is 5.32 Å². The Morgan fingerprint density at radius 1 is 1.07 bits per heavy atom. The SMILES string of the molecule is CC(C)(C)OC(=O)N1CCN(C(=O)OCc2ccccc2)CC2(CCCC(=O)N2)C1. The van der Waals surface area contributed by atoms with Gasteiger partial charge in [0.2, 0.25) is 5.91 Å². The van der Waals surface area contributed by atoms with Gasteiger partial charge in [-0.15, -0.1) is 0 Å². The van der Waals surface area contributed by atoms with Gasteiger partial charge >= 0.3 is 12.2 Å². The van der Waals surface area contributed by atoms with Crippen molar-refractivity contribution in [1.82, 2.24) is 15.1 Å². The molecule has 1 aromatic carbocycles. The standard InChI is InChI=1S/C22H31N3O5/c1-21(2,3)30-20(28)25-13-12-24(15-22(16-25)11-7-10-18(26)23-22)19(27)29-14-17-8-5-4-6-9-17/h4-6,8-9H,7,10-16H2,1-3H3,(H,23,26). The van der Waals surface area contributed by atoms with Crippen LogP contribution in [0.4, 0.5) is 9.59 Å². The third-order valence-corrected chi connectivity index (χ3v) is 5.21. The Morgan fingerprint density at radius 2 is 1.70 bits per heavy atom. The Balaban J connectivity index is 1.73. The van der Waals surface area contributed by atoms with Gasteiger partial charge < -0.3 is 24.6 Å². The quantitative estimate of drug-likeness (QED) is 0.799. The number of hydrogen-bond acceptors (Lipinski definition) is 5. The average molecular weight is 418 g/mol. The highest BCUT2D eigenvalue weighted by Gasteiger charge is 2.43. The van der Waals surface area contributed by atoms with Crippen LogP contribution in [0.15, 0.2) is 30.3 Å². The molecule has 1 N–H and O–H groups in total. The molecular weight excluding hydrogens is 386 g/mol. The Morgan fingerprint density at radius 3 is 2.30 bits per heavy atom. The summed E-state index contributed by atoms with van der Waals surface area (Å²) in [5.41, 5.74) is -0.424. The number of carbonyl (C=O) groups excluding carboxylic acids is 3. The highest BCUT2D eigenvalue weighted by atomic mass is 16.6. The van der Waals surface area contributed by atoms with Crippen LogP contribution in [0.25, 0.3) is 0 Å². The van der Waals surface area contributed by atoms with E-state index >= 15 is 0 Å². The monoisotopic (exact) mass is 417 g/mol. The zero-order valence-electron chi connectivity index (χ0n) is 18.0. The molecule has 1 atom stereocenters. The number of amides is 3. The van der Waals surface area contributed by atoms with Gasteiger partial charge in [0, 0.05) is 32.6 Å². The maximum atomic E-state index is 12.8. The maximum absolute atomic E-state index is 12.8. The molecule has 2 aliphatic rings. The van der Waals surface area contributed by atoms with Gasteiger partial charge in [-0.25, -0.2) is 9.59 Å². The van der Waals surface area contributed by atoms with Gasteiger partial charge in [0.1, 0.15) is 12.2 Å². The fourth-order valence-corrected chi connectivity index (χ4v) is 3.87. The molecule has 2 heterocycles. The van der Waals surface area contributed by atoms with Crippen molar-refractivity contribution in [2.24, 2.45) is 0 Å². The number of hydrogen-bond donors (Lipinski definition) is 1. The number of nitrogens with one attached hydrogen (secondary N) is 1. The van der Waals surface area contributed by atoms with Crippen LogP contribution in [0.1, 0.15) is 45.6 Å². The molecule has 8 heteroatoms. The lowest BCUT2D eigenvalue weighted by Gasteiger charge is -2.41. The second-order valence-electron chi connectivity index (χ2n) is 9.05. The van der Waals surface area contributed by atoms with Crippen LogP contribution < -0.4 is 5.32 Å². The zero-order chi connectivity index (χ0) is 21.8. The molecule has 30 heavy (non-hydrogen) atoms. The molecule has 2 saturated heterocycles. The smallest absolute Gasteiger partial charge is 0.410 e. The summed E-state index contributed by atoms with van der Waals surface area (Å²) >= 11 is 0. The number of benzene rings is 1. The number of rotatable bonds is 2. The van der Waals surface area contributed by atoms with Crippen LogP contribution >= 0.6 is 0 Å². The Kier molecular flexibility index (Phi) is 6.53. The molecule has 0 bridgehead atoms. The van der Waals surface area contributed by atoms with Gasteiger partial charge in [-0.2, -0.15) is 0 Å². The summed E-state index contributed by atoms with van der Waals surface area (Å²) < 4.78 is 11.0. The van der Waals surface area contributed by atoms with E-state index in [1.807, 2.05) is 51.1 Å². The lowest BCUT2D eigenvalue weighted by molar-refractivity contribution is -0.125. The second-order valence-corrected chi connectivity index (χ2v) is 9.05. The van der Waals surface area contributed by atoms with Gasteiger partial charge in [0.25, 0.3) is 0 Å². The third kappa shape index (κ3) is 5.87. The molecule has 1 unspecified atom stereocenters. The number of ether oxygens (including phenoxy) is 2.